The number of rotatable bonds is 6. The van der Waals surface area contributed by atoms with Crippen molar-refractivity contribution < 1.29 is 26.3 Å². The Morgan fingerprint density at radius 3 is 2.21 bits per heavy atom. The van der Waals surface area contributed by atoms with Crippen molar-refractivity contribution in [2.45, 2.75) is 25.3 Å². The number of nitrogens with zero attached hydrogens (tertiary/aromatic N) is 2. The predicted molar refractivity (Wildman–Crippen MR) is 98.4 cm³/mol. The molecule has 0 aliphatic rings. The molecule has 2 heterocycles. The van der Waals surface area contributed by atoms with E-state index in [2.05, 4.69) is 10.3 Å². The summed E-state index contributed by atoms with van der Waals surface area (Å²) in [6, 6.07) is 8.62. The molecular weight excluding hydrogens is 396 g/mol. The van der Waals surface area contributed by atoms with Crippen LogP contribution in [0.25, 0.3) is 22.0 Å². The highest BCUT2D eigenvalue weighted by Gasteiger charge is 2.56. The zero-order valence-electron chi connectivity index (χ0n) is 15.5. The summed E-state index contributed by atoms with van der Waals surface area (Å²) in [7, 11) is 1.73. The second-order valence-electron chi connectivity index (χ2n) is 6.76. The number of benzene rings is 1. The molecule has 0 atom stereocenters. The predicted octanol–water partition coefficient (Wildman–Crippen LogP) is 5.21. The maximum absolute atomic E-state index is 13.1. The molecule has 0 fully saturated rings. The van der Waals surface area contributed by atoms with Crippen LogP contribution < -0.4 is 5.32 Å². The average Bonchev–Trinajstić information content (AvgIpc) is 3.00. The Bertz CT molecular complexity index is 946. The van der Waals surface area contributed by atoms with E-state index in [0.717, 1.165) is 10.1 Å². The van der Waals surface area contributed by atoms with Gasteiger partial charge in [0.25, 0.3) is 0 Å². The first-order valence-corrected chi connectivity index (χ1v) is 8.91. The Kier molecular flexibility index (Phi) is 5.88. The molecule has 9 heteroatoms. The molecule has 156 valence electrons. The molecule has 0 spiro atoms. The first-order valence-electron chi connectivity index (χ1n) is 8.91. The smallest absolute Gasteiger partial charge is 0.346 e. The lowest BCUT2D eigenvalue weighted by Gasteiger charge is -2.23. The van der Waals surface area contributed by atoms with Crippen LogP contribution in [-0.4, -0.2) is 35.5 Å². The molecule has 2 aromatic heterocycles. The molecule has 0 saturated carbocycles. The fourth-order valence-corrected chi connectivity index (χ4v) is 3.29. The maximum Gasteiger partial charge on any atom is 0.402 e. The van der Waals surface area contributed by atoms with E-state index in [9.17, 15) is 26.3 Å². The van der Waals surface area contributed by atoms with E-state index in [4.69, 9.17) is 0 Å². The molecule has 3 nitrogen and oxygen atoms in total. The minimum atomic E-state index is -5.39. The van der Waals surface area contributed by atoms with Crippen molar-refractivity contribution >= 4 is 10.9 Å². The Morgan fingerprint density at radius 2 is 1.62 bits per heavy atom. The van der Waals surface area contributed by atoms with Crippen LogP contribution in [0.15, 0.2) is 48.9 Å². The third-order valence-corrected chi connectivity index (χ3v) is 4.79. The Labute approximate surface area is 163 Å². The van der Waals surface area contributed by atoms with Crippen LogP contribution in [0, 0.1) is 5.92 Å². The van der Waals surface area contributed by atoms with Crippen molar-refractivity contribution in [1.82, 2.24) is 14.9 Å². The van der Waals surface area contributed by atoms with E-state index in [0.29, 0.717) is 35.0 Å². The van der Waals surface area contributed by atoms with E-state index in [1.165, 1.54) is 6.20 Å². The molecule has 0 radical (unpaired) electrons. The fourth-order valence-electron chi connectivity index (χ4n) is 3.29. The fraction of sp³-hybridized carbons (Fsp3) is 0.350. The monoisotopic (exact) mass is 415 g/mol. The number of alkyl halides is 6. The van der Waals surface area contributed by atoms with Crippen LogP contribution in [0.5, 0.6) is 0 Å². The number of nitrogens with one attached hydrogen (secondary N) is 1. The number of hydrogen-bond donors (Lipinski definition) is 1. The summed E-state index contributed by atoms with van der Waals surface area (Å²) in [5.41, 5.74) is 2.49. The zero-order chi connectivity index (χ0) is 21.2. The molecule has 0 aliphatic carbocycles. The lowest BCUT2D eigenvalue weighted by Crippen LogP contribution is -2.39. The molecule has 3 rings (SSSR count). The standard InChI is InChI=1S/C20H19F6N3/c1-27-7-4-15-11-29(12-18(19(21,22)23)20(24,25)26)17-10-14(2-3-16(15)17)13-5-8-28-9-6-13/h2-3,5-6,8-11,18,27H,4,7,12H2,1H3. The van der Waals surface area contributed by atoms with Crippen LogP contribution >= 0.6 is 0 Å². The minimum Gasteiger partial charge on any atom is -0.346 e. The van der Waals surface area contributed by atoms with Crippen LogP contribution in [-0.2, 0) is 13.0 Å². The molecule has 29 heavy (non-hydrogen) atoms. The van der Waals surface area contributed by atoms with Gasteiger partial charge in [-0.25, -0.2) is 0 Å². The molecule has 0 saturated heterocycles. The summed E-state index contributed by atoms with van der Waals surface area (Å²) in [6.45, 7) is -0.671. The van der Waals surface area contributed by atoms with Crippen molar-refractivity contribution in [3.63, 3.8) is 0 Å². The number of fused-ring (bicyclic) bond motifs is 1. The topological polar surface area (TPSA) is 29.9 Å². The van der Waals surface area contributed by atoms with Crippen molar-refractivity contribution in [2.24, 2.45) is 5.92 Å². The number of hydrogen-bond acceptors (Lipinski definition) is 2. The van der Waals surface area contributed by atoms with Gasteiger partial charge in [-0.15, -0.1) is 0 Å². The third-order valence-electron chi connectivity index (χ3n) is 4.79. The maximum atomic E-state index is 13.1. The lowest BCUT2D eigenvalue weighted by atomic mass is 10.0. The highest BCUT2D eigenvalue weighted by molar-refractivity contribution is 5.88. The number of pyridine rings is 1. The highest BCUT2D eigenvalue weighted by Crippen LogP contribution is 2.41. The largest absolute Gasteiger partial charge is 0.402 e. The van der Waals surface area contributed by atoms with Crippen molar-refractivity contribution in [3.8, 4) is 11.1 Å². The highest BCUT2D eigenvalue weighted by atomic mass is 19.4. The van der Waals surface area contributed by atoms with E-state index in [-0.39, 0.29) is 0 Å². The van der Waals surface area contributed by atoms with Gasteiger partial charge >= 0.3 is 12.4 Å². The molecule has 0 amide bonds. The minimum absolute atomic E-state index is 0.337. The molecule has 0 unspecified atom stereocenters. The summed E-state index contributed by atoms with van der Waals surface area (Å²) in [6.07, 6.45) is -5.76. The van der Waals surface area contributed by atoms with Gasteiger partial charge in [0.1, 0.15) is 0 Å². The molecule has 0 bridgehead atoms. The van der Waals surface area contributed by atoms with Crippen molar-refractivity contribution in [1.29, 1.82) is 0 Å². The van der Waals surface area contributed by atoms with Crippen molar-refractivity contribution in [3.05, 3.63) is 54.5 Å². The zero-order valence-corrected chi connectivity index (χ0v) is 15.5. The molecule has 0 aliphatic heterocycles. The van der Waals surface area contributed by atoms with Crippen LogP contribution in [0.2, 0.25) is 0 Å². The van der Waals surface area contributed by atoms with Gasteiger partial charge in [0.05, 0.1) is 0 Å². The third kappa shape index (κ3) is 4.72. The van der Waals surface area contributed by atoms with Gasteiger partial charge in [0, 0.05) is 36.0 Å². The molecule has 1 aromatic carbocycles. The summed E-state index contributed by atoms with van der Waals surface area (Å²) in [5, 5.41) is 3.58. The van der Waals surface area contributed by atoms with Gasteiger partial charge in [-0.05, 0) is 54.9 Å². The van der Waals surface area contributed by atoms with Gasteiger partial charge < -0.3 is 9.88 Å². The van der Waals surface area contributed by atoms with Crippen LogP contribution in [0.4, 0.5) is 26.3 Å². The summed E-state index contributed by atoms with van der Waals surface area (Å²) in [5.74, 6) is -3.44. The Morgan fingerprint density at radius 1 is 0.966 bits per heavy atom. The van der Waals surface area contributed by atoms with E-state index < -0.39 is 24.8 Å². The van der Waals surface area contributed by atoms with Gasteiger partial charge in [-0.1, -0.05) is 12.1 Å². The summed E-state index contributed by atoms with van der Waals surface area (Å²) >= 11 is 0. The van der Waals surface area contributed by atoms with Gasteiger partial charge in [0.15, 0.2) is 5.92 Å². The van der Waals surface area contributed by atoms with Gasteiger partial charge in [-0.3, -0.25) is 4.98 Å². The molecular formula is C20H19F6N3. The van der Waals surface area contributed by atoms with Gasteiger partial charge in [-0.2, -0.15) is 26.3 Å². The number of likely N-dealkylation sites (N-methyl/N-ethyl adjacent to an activating group) is 1. The van der Waals surface area contributed by atoms with E-state index in [1.807, 2.05) is 0 Å². The van der Waals surface area contributed by atoms with E-state index in [1.54, 1.807) is 49.8 Å². The number of halogens is 6. The second kappa shape index (κ2) is 8.06. The normalized spacial score (nSPS) is 12.8. The van der Waals surface area contributed by atoms with Crippen LogP contribution in [0.3, 0.4) is 0 Å². The van der Waals surface area contributed by atoms with Crippen molar-refractivity contribution in [2.75, 3.05) is 13.6 Å². The lowest BCUT2D eigenvalue weighted by molar-refractivity contribution is -0.287. The SMILES string of the molecule is CNCCc1cn(CC(C(F)(F)F)C(F)(F)F)c2cc(-c3ccncc3)ccc12. The van der Waals surface area contributed by atoms with Gasteiger partial charge in [0.2, 0.25) is 0 Å². The Hall–Kier alpha value is -2.55. The summed E-state index contributed by atoms with van der Waals surface area (Å²) in [4.78, 5) is 3.92. The number of aromatic nitrogens is 2. The average molecular weight is 415 g/mol. The quantitative estimate of drug-likeness (QED) is 0.561. The second-order valence-corrected chi connectivity index (χ2v) is 6.76. The Balaban J connectivity index is 2.11. The summed E-state index contributed by atoms with van der Waals surface area (Å²) < 4.78 is 79.7. The van der Waals surface area contributed by atoms with Crippen LogP contribution in [0.1, 0.15) is 5.56 Å². The van der Waals surface area contributed by atoms with E-state index >= 15 is 0 Å². The first-order chi connectivity index (χ1) is 13.6. The molecule has 1 N–H and O–H groups in total. The first kappa shape index (κ1) is 21.2. The molecule has 3 aromatic rings.